The zero-order chi connectivity index (χ0) is 21.2. The van der Waals surface area contributed by atoms with Crippen LogP contribution >= 0.6 is 11.8 Å². The lowest BCUT2D eigenvalue weighted by atomic mass is 10.1. The van der Waals surface area contributed by atoms with E-state index in [1.165, 1.54) is 25.0 Å². The molecule has 0 fully saturated rings. The maximum Gasteiger partial charge on any atom is 0.239 e. The topological polar surface area (TPSA) is 115 Å². The van der Waals surface area contributed by atoms with Gasteiger partial charge in [0.05, 0.1) is 38.5 Å². The highest BCUT2D eigenvalue weighted by Crippen LogP contribution is 2.27. The van der Waals surface area contributed by atoms with Crippen molar-refractivity contribution in [3.05, 3.63) is 35.7 Å². The van der Waals surface area contributed by atoms with Crippen molar-refractivity contribution in [3.63, 3.8) is 0 Å². The minimum atomic E-state index is -0.234. The number of amides is 2. The summed E-state index contributed by atoms with van der Waals surface area (Å²) in [4.78, 5) is 28.0. The third-order valence-electron chi connectivity index (χ3n) is 4.16. The van der Waals surface area contributed by atoms with Crippen molar-refractivity contribution in [3.8, 4) is 11.5 Å². The molecule has 0 aliphatic carbocycles. The molecule has 0 bridgehead atoms. The summed E-state index contributed by atoms with van der Waals surface area (Å²) >= 11 is 1.21. The van der Waals surface area contributed by atoms with Crippen molar-refractivity contribution in [1.29, 1.82) is 0 Å². The van der Waals surface area contributed by atoms with Gasteiger partial charge in [-0.25, -0.2) is 4.98 Å². The molecule has 158 valence electrons. The number of hydrogen-bond acceptors (Lipinski definition) is 7. The molecule has 1 heterocycles. The number of nitrogens with zero attached hydrogens (tertiary/aromatic N) is 2. The summed E-state index contributed by atoms with van der Waals surface area (Å²) in [6.45, 7) is 0.279. The highest BCUT2D eigenvalue weighted by molar-refractivity contribution is 7.99. The van der Waals surface area contributed by atoms with Gasteiger partial charge < -0.3 is 29.8 Å². The summed E-state index contributed by atoms with van der Waals surface area (Å²) in [7, 11) is 4.70. The lowest BCUT2D eigenvalue weighted by molar-refractivity contribution is -0.121. The largest absolute Gasteiger partial charge is 0.493 e. The van der Waals surface area contributed by atoms with E-state index in [2.05, 4.69) is 15.6 Å². The molecular formula is C19H26N4O5S. The van der Waals surface area contributed by atoms with Gasteiger partial charge in [0.1, 0.15) is 6.54 Å². The average Bonchev–Trinajstić information content (AvgIpc) is 3.13. The van der Waals surface area contributed by atoms with Crippen molar-refractivity contribution >= 4 is 23.6 Å². The van der Waals surface area contributed by atoms with E-state index < -0.39 is 0 Å². The van der Waals surface area contributed by atoms with Gasteiger partial charge in [0.15, 0.2) is 16.7 Å². The second-order valence-electron chi connectivity index (χ2n) is 6.03. The lowest BCUT2D eigenvalue weighted by Crippen LogP contribution is -2.28. The van der Waals surface area contributed by atoms with Crippen LogP contribution in [0.15, 0.2) is 29.6 Å². The van der Waals surface area contributed by atoms with Crippen LogP contribution in [0.1, 0.15) is 11.3 Å². The normalized spacial score (nSPS) is 10.5. The molecule has 0 spiro atoms. The summed E-state index contributed by atoms with van der Waals surface area (Å²) in [5.74, 6) is 1.11. The summed E-state index contributed by atoms with van der Waals surface area (Å²) in [6.07, 6.45) is 2.15. The number of aromatic nitrogens is 2. The molecule has 2 amide bonds. The highest BCUT2D eigenvalue weighted by atomic mass is 32.2. The number of likely N-dealkylation sites (N-methyl/N-ethyl adjacent to an activating group) is 1. The molecule has 0 saturated heterocycles. The molecule has 0 radical (unpaired) electrons. The second-order valence-corrected chi connectivity index (χ2v) is 6.97. The minimum Gasteiger partial charge on any atom is -0.493 e. The van der Waals surface area contributed by atoms with Crippen LogP contribution in [0.3, 0.4) is 0 Å². The Morgan fingerprint density at radius 1 is 1.21 bits per heavy atom. The Balaban J connectivity index is 1.85. The number of carbonyl (C=O) groups is 2. The number of aliphatic hydroxyl groups is 1. The smallest absolute Gasteiger partial charge is 0.239 e. The van der Waals surface area contributed by atoms with Gasteiger partial charge in [0.25, 0.3) is 0 Å². The average molecular weight is 423 g/mol. The van der Waals surface area contributed by atoms with Crippen LogP contribution in [0.25, 0.3) is 0 Å². The fourth-order valence-electron chi connectivity index (χ4n) is 2.59. The van der Waals surface area contributed by atoms with Gasteiger partial charge in [0.2, 0.25) is 11.8 Å². The first-order valence-electron chi connectivity index (χ1n) is 8.98. The Labute approximate surface area is 173 Å². The molecule has 1 aromatic heterocycles. The Kier molecular flexibility index (Phi) is 8.81. The van der Waals surface area contributed by atoms with Crippen LogP contribution in [0.5, 0.6) is 11.5 Å². The standard InChI is InChI=1S/C19H26N4O5S/c1-20-17(25)10-23-14(11-24)9-22-19(23)29-12-18(26)21-7-6-13-4-5-15(27-2)16(8-13)28-3/h4-5,8-9,24H,6-7,10-12H2,1-3H3,(H,20,25)(H,21,26). The van der Waals surface area contributed by atoms with Crippen LogP contribution in [-0.2, 0) is 29.2 Å². The molecule has 0 aliphatic heterocycles. The second kappa shape index (κ2) is 11.3. The van der Waals surface area contributed by atoms with Crippen molar-refractivity contribution in [1.82, 2.24) is 20.2 Å². The number of methoxy groups -OCH3 is 2. The Bertz CT molecular complexity index is 840. The number of aliphatic hydroxyl groups excluding tert-OH is 1. The van der Waals surface area contributed by atoms with Crippen molar-refractivity contribution in [2.45, 2.75) is 24.7 Å². The quantitative estimate of drug-likeness (QED) is 0.454. The van der Waals surface area contributed by atoms with E-state index >= 15 is 0 Å². The molecule has 3 N–H and O–H groups in total. The third kappa shape index (κ3) is 6.40. The summed E-state index contributed by atoms with van der Waals surface area (Å²) in [5, 5.41) is 15.3. The molecule has 0 unspecified atom stereocenters. The number of thioether (sulfide) groups is 1. The fraction of sp³-hybridized carbons (Fsp3) is 0.421. The molecule has 0 atom stereocenters. The molecular weight excluding hydrogens is 396 g/mol. The van der Waals surface area contributed by atoms with Crippen molar-refractivity contribution < 1.29 is 24.2 Å². The monoisotopic (exact) mass is 422 g/mol. The molecule has 0 saturated carbocycles. The van der Waals surface area contributed by atoms with Gasteiger partial charge in [-0.3, -0.25) is 9.59 Å². The van der Waals surface area contributed by atoms with E-state index in [1.807, 2.05) is 18.2 Å². The Hall–Kier alpha value is -2.72. The highest BCUT2D eigenvalue weighted by Gasteiger charge is 2.14. The van der Waals surface area contributed by atoms with Crippen LogP contribution in [0.2, 0.25) is 0 Å². The van der Waals surface area contributed by atoms with Gasteiger partial charge in [-0.1, -0.05) is 17.8 Å². The van der Waals surface area contributed by atoms with Crippen molar-refractivity contribution in [2.75, 3.05) is 33.6 Å². The number of hydrogen-bond donors (Lipinski definition) is 3. The first kappa shape index (κ1) is 22.6. The summed E-state index contributed by atoms with van der Waals surface area (Å²) in [5.41, 5.74) is 1.54. The van der Waals surface area contributed by atoms with Crippen LogP contribution in [0.4, 0.5) is 0 Å². The first-order valence-corrected chi connectivity index (χ1v) is 9.97. The van der Waals surface area contributed by atoms with E-state index in [4.69, 9.17) is 9.47 Å². The van der Waals surface area contributed by atoms with Gasteiger partial charge in [-0.05, 0) is 24.1 Å². The van der Waals surface area contributed by atoms with E-state index in [9.17, 15) is 14.7 Å². The first-order chi connectivity index (χ1) is 14.0. The zero-order valence-electron chi connectivity index (χ0n) is 16.7. The van der Waals surface area contributed by atoms with E-state index in [1.54, 1.807) is 18.8 Å². The van der Waals surface area contributed by atoms with E-state index in [0.717, 1.165) is 5.56 Å². The van der Waals surface area contributed by atoms with Crippen LogP contribution < -0.4 is 20.1 Å². The lowest BCUT2D eigenvalue weighted by Gasteiger charge is -2.11. The number of benzene rings is 1. The number of nitrogens with one attached hydrogen (secondary N) is 2. The molecule has 0 aliphatic rings. The molecule has 29 heavy (non-hydrogen) atoms. The molecule has 9 nitrogen and oxygen atoms in total. The number of ether oxygens (including phenoxy) is 2. The van der Waals surface area contributed by atoms with E-state index in [0.29, 0.717) is 35.3 Å². The van der Waals surface area contributed by atoms with Crippen LogP contribution in [0, 0.1) is 0 Å². The van der Waals surface area contributed by atoms with Gasteiger partial charge >= 0.3 is 0 Å². The predicted molar refractivity (Wildman–Crippen MR) is 109 cm³/mol. The number of imidazole rings is 1. The Morgan fingerprint density at radius 2 is 1.97 bits per heavy atom. The molecule has 10 heteroatoms. The Morgan fingerprint density at radius 3 is 2.62 bits per heavy atom. The number of rotatable bonds is 11. The molecule has 2 rings (SSSR count). The maximum absolute atomic E-state index is 12.2. The van der Waals surface area contributed by atoms with E-state index in [-0.39, 0.29) is 30.7 Å². The molecule has 1 aromatic carbocycles. The summed E-state index contributed by atoms with van der Waals surface area (Å²) in [6, 6.07) is 5.64. The third-order valence-corrected chi connectivity index (χ3v) is 5.15. The van der Waals surface area contributed by atoms with Gasteiger partial charge in [-0.15, -0.1) is 0 Å². The number of carbonyl (C=O) groups excluding carboxylic acids is 2. The SMILES string of the molecule is CNC(=O)Cn1c(CO)cnc1SCC(=O)NCCc1ccc(OC)c(OC)c1. The molecule has 2 aromatic rings. The zero-order valence-corrected chi connectivity index (χ0v) is 17.5. The fourth-order valence-corrected chi connectivity index (χ4v) is 3.42. The van der Waals surface area contributed by atoms with Crippen LogP contribution in [-0.4, -0.2) is 60.0 Å². The minimum absolute atomic E-state index is 0.0373. The van der Waals surface area contributed by atoms with Crippen molar-refractivity contribution in [2.24, 2.45) is 0 Å². The predicted octanol–water partition coefficient (Wildman–Crippen LogP) is 0.590. The van der Waals surface area contributed by atoms with Gasteiger partial charge in [0, 0.05) is 13.6 Å². The summed E-state index contributed by atoms with van der Waals surface area (Å²) < 4.78 is 12.1. The maximum atomic E-state index is 12.2. The van der Waals surface area contributed by atoms with Gasteiger partial charge in [-0.2, -0.15) is 0 Å².